The van der Waals surface area contributed by atoms with E-state index in [0.717, 1.165) is 12.3 Å². The molecule has 36 heavy (non-hydrogen) atoms. The summed E-state index contributed by atoms with van der Waals surface area (Å²) in [5.41, 5.74) is 1.16. The largest absolute Gasteiger partial charge is 0.493 e. The van der Waals surface area contributed by atoms with E-state index in [2.05, 4.69) is 60.5 Å². The van der Waals surface area contributed by atoms with Crippen molar-refractivity contribution >= 4 is 34.2 Å². The summed E-state index contributed by atoms with van der Waals surface area (Å²) in [6, 6.07) is 22.8. The van der Waals surface area contributed by atoms with Gasteiger partial charge in [0.1, 0.15) is 18.1 Å². The van der Waals surface area contributed by atoms with E-state index in [0.29, 0.717) is 47.2 Å². The number of rotatable bonds is 11. The van der Waals surface area contributed by atoms with Crippen molar-refractivity contribution in [3.63, 3.8) is 0 Å². The number of nitrogens with zero attached hydrogens (tertiary/aromatic N) is 1. The first-order chi connectivity index (χ1) is 17.4. The molecule has 0 unspecified atom stereocenters. The lowest BCUT2D eigenvalue weighted by Gasteiger charge is -2.30. The number of carbonyl (C=O) groups excluding carboxylic acids is 1. The monoisotopic (exact) mass is 604 g/mol. The van der Waals surface area contributed by atoms with Crippen LogP contribution in [0.2, 0.25) is 0 Å². The molecular formula is C29H37IN2O4. The molecule has 0 atom stereocenters. The lowest BCUT2D eigenvalue weighted by atomic mass is 10.2. The van der Waals surface area contributed by atoms with Crippen molar-refractivity contribution in [2.45, 2.75) is 39.8 Å². The molecular weight excluding hydrogens is 567 g/mol. The number of alkyl halides is 1. The normalized spacial score (nSPS) is 10.6. The van der Waals surface area contributed by atoms with Crippen LogP contribution in [-0.2, 0) is 0 Å². The van der Waals surface area contributed by atoms with Crippen LogP contribution in [0.5, 0.6) is 23.0 Å². The van der Waals surface area contributed by atoms with Crippen molar-refractivity contribution in [1.29, 1.82) is 0 Å². The fraction of sp³-hybridized carbons (Fsp3) is 0.345. The number of ether oxygens (including phenoxy) is 3. The van der Waals surface area contributed by atoms with Crippen LogP contribution < -0.4 is 19.5 Å². The van der Waals surface area contributed by atoms with Crippen LogP contribution in [0.4, 0.5) is 5.69 Å². The average Bonchev–Trinajstić information content (AvgIpc) is 2.88. The maximum Gasteiger partial charge on any atom is 0.255 e. The highest BCUT2D eigenvalue weighted by molar-refractivity contribution is 14.1. The average molecular weight is 605 g/mol. The molecule has 0 fully saturated rings. The topological polar surface area (TPSA) is 60.0 Å². The van der Waals surface area contributed by atoms with E-state index in [-0.39, 0.29) is 5.91 Å². The van der Waals surface area contributed by atoms with Crippen molar-refractivity contribution in [3.8, 4) is 23.0 Å². The van der Waals surface area contributed by atoms with Gasteiger partial charge in [-0.15, -0.1) is 0 Å². The van der Waals surface area contributed by atoms with Crippen LogP contribution in [0.1, 0.15) is 38.1 Å². The second kappa shape index (κ2) is 15.4. The van der Waals surface area contributed by atoms with Gasteiger partial charge in [-0.05, 0) is 81.2 Å². The summed E-state index contributed by atoms with van der Waals surface area (Å²) < 4.78 is 17.3. The lowest BCUT2D eigenvalue weighted by molar-refractivity contribution is 0.102. The molecule has 3 rings (SSSR count). The Bertz CT molecular complexity index is 1050. The molecule has 1 N–H and O–H groups in total. The van der Waals surface area contributed by atoms with Gasteiger partial charge in [-0.25, -0.2) is 0 Å². The Morgan fingerprint density at radius 3 is 2.06 bits per heavy atom. The van der Waals surface area contributed by atoms with E-state index in [9.17, 15) is 4.79 Å². The molecule has 0 heterocycles. The summed E-state index contributed by atoms with van der Waals surface area (Å²) in [5.74, 6) is 2.42. The molecule has 0 aliphatic carbocycles. The van der Waals surface area contributed by atoms with Crippen molar-refractivity contribution in [1.82, 2.24) is 4.90 Å². The first-order valence-electron chi connectivity index (χ1n) is 12.0. The maximum atomic E-state index is 12.8. The molecule has 0 aliphatic rings. The van der Waals surface area contributed by atoms with Crippen molar-refractivity contribution in [2.75, 3.05) is 30.5 Å². The molecule has 3 aromatic carbocycles. The number of halogens is 1. The van der Waals surface area contributed by atoms with Crippen LogP contribution in [-0.4, -0.2) is 48.1 Å². The van der Waals surface area contributed by atoms with Crippen LogP contribution in [0.15, 0.2) is 72.8 Å². The zero-order valence-corrected chi connectivity index (χ0v) is 24.1. The predicted molar refractivity (Wildman–Crippen MR) is 156 cm³/mol. The van der Waals surface area contributed by atoms with E-state index >= 15 is 0 Å². The fourth-order valence-electron chi connectivity index (χ4n) is 3.74. The van der Waals surface area contributed by atoms with Crippen LogP contribution in [0.3, 0.4) is 0 Å². The lowest BCUT2D eigenvalue weighted by Crippen LogP contribution is -2.39. The highest BCUT2D eigenvalue weighted by atomic mass is 127. The van der Waals surface area contributed by atoms with Crippen LogP contribution >= 0.6 is 22.6 Å². The van der Waals surface area contributed by atoms with Gasteiger partial charge < -0.3 is 19.5 Å². The van der Waals surface area contributed by atoms with Gasteiger partial charge in [0.15, 0.2) is 11.5 Å². The van der Waals surface area contributed by atoms with E-state index in [4.69, 9.17) is 14.2 Å². The number of carbonyl (C=O) groups is 1. The molecule has 3 aromatic rings. The minimum absolute atomic E-state index is 0.215. The fourth-order valence-corrected chi connectivity index (χ4v) is 3.74. The number of anilines is 1. The van der Waals surface area contributed by atoms with Gasteiger partial charge >= 0.3 is 0 Å². The van der Waals surface area contributed by atoms with Gasteiger partial charge in [-0.1, -0.05) is 40.8 Å². The first-order valence-corrected chi connectivity index (χ1v) is 14.1. The van der Waals surface area contributed by atoms with Gasteiger partial charge in [-0.3, -0.25) is 9.69 Å². The van der Waals surface area contributed by atoms with Gasteiger partial charge in [0, 0.05) is 35.9 Å². The summed E-state index contributed by atoms with van der Waals surface area (Å²) >= 11 is 2.15. The number of amides is 1. The van der Waals surface area contributed by atoms with Crippen LogP contribution in [0, 0.1) is 0 Å². The third-order valence-electron chi connectivity index (χ3n) is 5.45. The molecule has 0 bridgehead atoms. The van der Waals surface area contributed by atoms with E-state index < -0.39 is 0 Å². The van der Waals surface area contributed by atoms with Crippen molar-refractivity contribution < 1.29 is 19.0 Å². The summed E-state index contributed by atoms with van der Waals surface area (Å²) in [6.45, 7) is 10.0. The number of nitrogens with one attached hydrogen (secondary N) is 1. The Balaban J connectivity index is 0.00000222. The molecule has 7 heteroatoms. The molecule has 0 saturated heterocycles. The Hall–Kier alpha value is -2.78. The number of hydrogen-bond acceptors (Lipinski definition) is 5. The molecule has 0 spiro atoms. The van der Waals surface area contributed by atoms with Gasteiger partial charge in [0.25, 0.3) is 5.91 Å². The highest BCUT2D eigenvalue weighted by Gasteiger charge is 2.15. The number of hydrogen-bond donors (Lipinski definition) is 1. The Morgan fingerprint density at radius 1 is 0.861 bits per heavy atom. The summed E-state index contributed by atoms with van der Waals surface area (Å²) in [4.78, 5) is 17.1. The van der Waals surface area contributed by atoms with Crippen molar-refractivity contribution in [3.05, 3.63) is 78.4 Å². The molecule has 0 radical (unpaired) electrons. The molecule has 0 aliphatic heterocycles. The van der Waals surface area contributed by atoms with E-state index in [1.807, 2.05) is 35.3 Å². The third-order valence-corrected chi connectivity index (χ3v) is 5.45. The third kappa shape index (κ3) is 9.02. The number of benzene rings is 3. The summed E-state index contributed by atoms with van der Waals surface area (Å²) in [7, 11) is 1.61. The zero-order valence-electron chi connectivity index (χ0n) is 22.0. The minimum Gasteiger partial charge on any atom is -0.493 e. The second-order valence-electron chi connectivity index (χ2n) is 8.53. The van der Waals surface area contributed by atoms with E-state index in [1.165, 1.54) is 0 Å². The smallest absolute Gasteiger partial charge is 0.255 e. The predicted octanol–water partition coefficient (Wildman–Crippen LogP) is 7.29. The van der Waals surface area contributed by atoms with Crippen molar-refractivity contribution in [2.24, 2.45) is 0 Å². The van der Waals surface area contributed by atoms with Gasteiger partial charge in [0.2, 0.25) is 0 Å². The molecule has 6 nitrogen and oxygen atoms in total. The van der Waals surface area contributed by atoms with Crippen LogP contribution in [0.25, 0.3) is 0 Å². The molecule has 0 aromatic heterocycles. The second-order valence-corrected chi connectivity index (χ2v) is 8.53. The molecule has 194 valence electrons. The SMILES string of the molecule is CI.COc1ccc(NC(=O)c2ccc(Oc3ccccc3)cc2)cc1OCCN(C(C)C)C(C)C. The van der Waals surface area contributed by atoms with Gasteiger partial charge in [-0.2, -0.15) is 0 Å². The standard InChI is InChI=1S/C28H34N2O4.CH3I/c1-20(2)30(21(3)4)17-18-33-27-19-23(13-16-26(27)32-5)29-28(31)22-11-14-25(15-12-22)34-24-9-7-6-8-10-24;1-2/h6-16,19-21H,17-18H2,1-5H3,(H,29,31);1H3. The Labute approximate surface area is 229 Å². The number of methoxy groups -OCH3 is 1. The van der Waals surface area contributed by atoms with Gasteiger partial charge in [0.05, 0.1) is 7.11 Å². The Morgan fingerprint density at radius 2 is 1.47 bits per heavy atom. The summed E-state index contributed by atoms with van der Waals surface area (Å²) in [6.07, 6.45) is 0. The zero-order chi connectivity index (χ0) is 26.5. The maximum absolute atomic E-state index is 12.8. The molecule has 1 amide bonds. The number of para-hydroxylation sites is 1. The molecule has 0 saturated carbocycles. The first kappa shape index (κ1) is 29.5. The minimum atomic E-state index is -0.215. The van der Waals surface area contributed by atoms with E-state index in [1.54, 1.807) is 49.6 Å². The quantitative estimate of drug-likeness (QED) is 0.184. The Kier molecular flexibility index (Phi) is 12.6. The summed E-state index contributed by atoms with van der Waals surface area (Å²) in [5, 5.41) is 2.93. The highest BCUT2D eigenvalue weighted by Crippen LogP contribution is 2.30.